The molecule has 0 aliphatic carbocycles. The van der Waals surface area contributed by atoms with Crippen molar-refractivity contribution >= 4 is 0 Å². The van der Waals surface area contributed by atoms with Crippen LogP contribution < -0.4 is 11.1 Å². The fraction of sp³-hybridized carbons (Fsp3) is 1.00. The van der Waals surface area contributed by atoms with Gasteiger partial charge in [0, 0.05) is 26.2 Å². The van der Waals surface area contributed by atoms with E-state index in [1.54, 1.807) is 0 Å². The Labute approximate surface area is 73.7 Å². The molecule has 1 saturated heterocycles. The summed E-state index contributed by atoms with van der Waals surface area (Å²) in [6.07, 6.45) is 0.917. The van der Waals surface area contributed by atoms with Gasteiger partial charge in [0.25, 0.3) is 0 Å². The summed E-state index contributed by atoms with van der Waals surface area (Å²) >= 11 is 0. The van der Waals surface area contributed by atoms with Crippen LogP contribution in [0.25, 0.3) is 0 Å². The van der Waals surface area contributed by atoms with Gasteiger partial charge in [0.1, 0.15) is 0 Å². The molecule has 0 bridgehead atoms. The van der Waals surface area contributed by atoms with Crippen molar-refractivity contribution in [3.8, 4) is 0 Å². The number of hydrogen-bond acceptors (Lipinski definition) is 4. The van der Waals surface area contributed by atoms with E-state index < -0.39 is 0 Å². The minimum atomic E-state index is -0.249. The highest BCUT2D eigenvalue weighted by molar-refractivity contribution is 4.89. The molecule has 4 nitrogen and oxygen atoms in total. The van der Waals surface area contributed by atoms with Crippen LogP contribution >= 0.6 is 0 Å². The lowest BCUT2D eigenvalue weighted by Gasteiger charge is -2.44. The molecule has 0 saturated carbocycles. The van der Waals surface area contributed by atoms with Crippen LogP contribution in [0.5, 0.6) is 0 Å². The molecule has 0 amide bonds. The van der Waals surface area contributed by atoms with Gasteiger partial charge in [-0.05, 0) is 6.42 Å². The minimum Gasteiger partial charge on any atom is -0.395 e. The molecule has 12 heavy (non-hydrogen) atoms. The predicted molar refractivity (Wildman–Crippen MR) is 48.7 cm³/mol. The summed E-state index contributed by atoms with van der Waals surface area (Å²) in [5, 5.41) is 12.1. The van der Waals surface area contributed by atoms with Crippen molar-refractivity contribution in [3.05, 3.63) is 0 Å². The number of aliphatic hydroxyl groups excluding tert-OH is 1. The molecular formula is C8H19N3O. The lowest BCUT2D eigenvalue weighted by molar-refractivity contribution is 0.0447. The molecule has 4 heteroatoms. The first-order valence-corrected chi connectivity index (χ1v) is 4.58. The highest BCUT2D eigenvalue weighted by Gasteiger charge is 2.32. The van der Waals surface area contributed by atoms with Gasteiger partial charge in [-0.15, -0.1) is 0 Å². The van der Waals surface area contributed by atoms with E-state index in [1.165, 1.54) is 0 Å². The largest absolute Gasteiger partial charge is 0.395 e. The third-order valence-corrected chi connectivity index (χ3v) is 2.60. The summed E-state index contributed by atoms with van der Waals surface area (Å²) in [5.41, 5.74) is 5.89. The summed E-state index contributed by atoms with van der Waals surface area (Å²) in [5.74, 6) is 0. The summed E-state index contributed by atoms with van der Waals surface area (Å²) < 4.78 is 0. The normalized spacial score (nSPS) is 32.2. The molecule has 1 aliphatic heterocycles. The maximum absolute atomic E-state index is 8.83. The number of aliphatic hydroxyl groups is 1. The Bertz CT molecular complexity index is 140. The van der Waals surface area contributed by atoms with E-state index in [-0.39, 0.29) is 12.3 Å². The van der Waals surface area contributed by atoms with Crippen LogP contribution in [0.2, 0.25) is 0 Å². The van der Waals surface area contributed by atoms with Crippen molar-refractivity contribution < 1.29 is 5.11 Å². The smallest absolute Gasteiger partial charge is 0.0813 e. The molecule has 1 atom stereocenters. The van der Waals surface area contributed by atoms with Gasteiger partial charge in [0.05, 0.1) is 12.3 Å². The van der Waals surface area contributed by atoms with E-state index in [0.717, 1.165) is 26.1 Å². The molecule has 72 valence electrons. The van der Waals surface area contributed by atoms with E-state index in [2.05, 4.69) is 17.1 Å². The van der Waals surface area contributed by atoms with Gasteiger partial charge in [0.2, 0.25) is 0 Å². The molecule has 4 N–H and O–H groups in total. The zero-order valence-electron chi connectivity index (χ0n) is 7.71. The zero-order chi connectivity index (χ0) is 9.03. The number of rotatable bonds is 3. The summed E-state index contributed by atoms with van der Waals surface area (Å²) in [7, 11) is 0. The second kappa shape index (κ2) is 4.18. The van der Waals surface area contributed by atoms with Crippen molar-refractivity contribution in [2.45, 2.75) is 19.0 Å². The Morgan fingerprint density at radius 3 is 3.00 bits per heavy atom. The molecule has 0 radical (unpaired) electrons. The molecule has 1 aliphatic rings. The zero-order valence-corrected chi connectivity index (χ0v) is 7.71. The van der Waals surface area contributed by atoms with E-state index >= 15 is 0 Å². The van der Waals surface area contributed by atoms with Crippen molar-refractivity contribution in [2.24, 2.45) is 5.73 Å². The van der Waals surface area contributed by atoms with Crippen molar-refractivity contribution in [1.29, 1.82) is 0 Å². The summed E-state index contributed by atoms with van der Waals surface area (Å²) in [6.45, 7) is 5.69. The third kappa shape index (κ3) is 1.95. The van der Waals surface area contributed by atoms with Crippen molar-refractivity contribution in [1.82, 2.24) is 10.2 Å². The van der Waals surface area contributed by atoms with Crippen LogP contribution in [-0.2, 0) is 0 Å². The highest BCUT2D eigenvalue weighted by atomic mass is 16.3. The van der Waals surface area contributed by atoms with Crippen LogP contribution in [-0.4, -0.2) is 48.5 Å². The van der Waals surface area contributed by atoms with Gasteiger partial charge in [0.15, 0.2) is 0 Å². The first-order chi connectivity index (χ1) is 5.73. The maximum Gasteiger partial charge on any atom is 0.0813 e. The van der Waals surface area contributed by atoms with Crippen LogP contribution in [0.1, 0.15) is 13.3 Å². The Hall–Kier alpha value is -0.160. The minimum absolute atomic E-state index is 0.193. The van der Waals surface area contributed by atoms with Crippen LogP contribution in [0.4, 0.5) is 0 Å². The average molecular weight is 173 g/mol. The molecule has 1 heterocycles. The van der Waals surface area contributed by atoms with Gasteiger partial charge in [-0.25, -0.2) is 0 Å². The lowest BCUT2D eigenvalue weighted by atomic mass is 10.0. The molecule has 0 aromatic heterocycles. The van der Waals surface area contributed by atoms with Crippen LogP contribution in [0.3, 0.4) is 0 Å². The van der Waals surface area contributed by atoms with Crippen molar-refractivity contribution in [2.75, 3.05) is 32.8 Å². The Balaban J connectivity index is 2.53. The second-order valence-electron chi connectivity index (χ2n) is 3.34. The van der Waals surface area contributed by atoms with E-state index in [0.29, 0.717) is 6.54 Å². The number of β-amino-alcohol motifs (C(OH)–C–C–N with tert-alkyl or cyclic N) is 1. The molecule has 1 rings (SSSR count). The number of nitrogens with two attached hydrogens (primary N) is 1. The molecule has 0 aromatic carbocycles. The Morgan fingerprint density at radius 1 is 1.67 bits per heavy atom. The van der Waals surface area contributed by atoms with Gasteiger partial charge in [-0.1, -0.05) is 6.92 Å². The topological polar surface area (TPSA) is 61.5 Å². The van der Waals surface area contributed by atoms with Gasteiger partial charge >= 0.3 is 0 Å². The van der Waals surface area contributed by atoms with Crippen LogP contribution in [0, 0.1) is 0 Å². The van der Waals surface area contributed by atoms with Crippen molar-refractivity contribution in [3.63, 3.8) is 0 Å². The van der Waals surface area contributed by atoms with E-state index in [9.17, 15) is 0 Å². The van der Waals surface area contributed by atoms with Gasteiger partial charge in [-0.2, -0.15) is 0 Å². The molecule has 0 spiro atoms. The second-order valence-corrected chi connectivity index (χ2v) is 3.34. The predicted octanol–water partition coefficient (Wildman–Crippen LogP) is -1.05. The lowest BCUT2D eigenvalue weighted by Crippen LogP contribution is -2.66. The van der Waals surface area contributed by atoms with Gasteiger partial charge in [-0.3, -0.25) is 4.90 Å². The number of nitrogens with zero attached hydrogens (tertiary/aromatic N) is 1. The van der Waals surface area contributed by atoms with E-state index in [4.69, 9.17) is 10.8 Å². The Kier molecular flexibility index (Phi) is 3.46. The number of piperazine rings is 1. The third-order valence-electron chi connectivity index (χ3n) is 2.60. The first kappa shape index (κ1) is 9.92. The standard InChI is InChI=1S/C8H19N3O/c1-2-8(9)7-10-3-4-11(8)5-6-12/h10,12H,2-7,9H2,1H3. The first-order valence-electron chi connectivity index (χ1n) is 4.58. The SMILES string of the molecule is CCC1(N)CNCCN1CCO. The molecule has 0 aromatic rings. The van der Waals surface area contributed by atoms with Gasteiger partial charge < -0.3 is 16.2 Å². The highest BCUT2D eigenvalue weighted by Crippen LogP contribution is 2.14. The number of hydrogen-bond donors (Lipinski definition) is 3. The Morgan fingerprint density at radius 2 is 2.42 bits per heavy atom. The number of nitrogens with one attached hydrogen (secondary N) is 1. The van der Waals surface area contributed by atoms with E-state index in [1.807, 2.05) is 0 Å². The monoisotopic (exact) mass is 173 g/mol. The summed E-state index contributed by atoms with van der Waals surface area (Å²) in [4.78, 5) is 2.16. The average Bonchev–Trinajstić information content (AvgIpc) is 2.10. The van der Waals surface area contributed by atoms with Crippen LogP contribution in [0.15, 0.2) is 0 Å². The summed E-state index contributed by atoms with van der Waals surface area (Å²) in [6, 6.07) is 0. The molecular weight excluding hydrogens is 154 g/mol. The molecule has 1 fully saturated rings. The fourth-order valence-corrected chi connectivity index (χ4v) is 1.66. The maximum atomic E-state index is 8.83. The quantitative estimate of drug-likeness (QED) is 0.509. The fourth-order valence-electron chi connectivity index (χ4n) is 1.66. The molecule has 1 unspecified atom stereocenters.